The van der Waals surface area contributed by atoms with Gasteiger partial charge in [-0.15, -0.1) is 0 Å². The van der Waals surface area contributed by atoms with Crippen LogP contribution in [0.2, 0.25) is 0 Å². The summed E-state index contributed by atoms with van der Waals surface area (Å²) in [5, 5.41) is 12.7. The molecule has 0 spiro atoms. The number of halogens is 1. The third-order valence-corrected chi connectivity index (χ3v) is 6.18. The minimum Gasteiger partial charge on any atom is -0.492 e. The van der Waals surface area contributed by atoms with Crippen molar-refractivity contribution in [1.82, 2.24) is 39.8 Å². The van der Waals surface area contributed by atoms with Crippen molar-refractivity contribution in [2.24, 2.45) is 7.05 Å². The summed E-state index contributed by atoms with van der Waals surface area (Å²) in [4.78, 5) is 14.7. The molecule has 0 unspecified atom stereocenters. The molecule has 9 nitrogen and oxygen atoms in total. The second kappa shape index (κ2) is 9.14. The summed E-state index contributed by atoms with van der Waals surface area (Å²) in [5.41, 5.74) is 6.94. The third kappa shape index (κ3) is 4.43. The summed E-state index contributed by atoms with van der Waals surface area (Å²) in [6.07, 6.45) is 5.41. The number of likely N-dealkylation sites (N-methyl/N-ethyl adjacent to an activating group) is 1. The van der Waals surface area contributed by atoms with Crippen LogP contribution >= 0.6 is 0 Å². The molecule has 2 N–H and O–H groups in total. The van der Waals surface area contributed by atoms with Crippen molar-refractivity contribution >= 4 is 22.1 Å². The molecular formula is C27H25FN8O. The van der Waals surface area contributed by atoms with Gasteiger partial charge in [0.2, 0.25) is 0 Å². The quantitative estimate of drug-likeness (QED) is 0.334. The highest BCUT2D eigenvalue weighted by Gasteiger charge is 2.17. The van der Waals surface area contributed by atoms with Crippen molar-refractivity contribution < 1.29 is 9.13 Å². The number of aryl methyl sites for hydroxylation is 1. The summed E-state index contributed by atoms with van der Waals surface area (Å²) < 4.78 is 22.1. The Morgan fingerprint density at radius 1 is 1.08 bits per heavy atom. The minimum absolute atomic E-state index is 0.358. The van der Waals surface area contributed by atoms with E-state index in [1.165, 1.54) is 12.1 Å². The van der Waals surface area contributed by atoms with Crippen LogP contribution < -0.4 is 4.74 Å². The fraction of sp³-hybridized carbons (Fsp3) is 0.185. The number of rotatable bonds is 7. The molecule has 0 amide bonds. The molecule has 0 saturated heterocycles. The molecule has 0 saturated carbocycles. The summed E-state index contributed by atoms with van der Waals surface area (Å²) in [5.74, 6) is 0.131. The number of hydrogen-bond acceptors (Lipinski definition) is 6. The average molecular weight is 497 g/mol. The number of nitrogens with one attached hydrogen (secondary N) is 2. The van der Waals surface area contributed by atoms with Crippen LogP contribution in [0, 0.1) is 5.82 Å². The highest BCUT2D eigenvalue weighted by Crippen LogP contribution is 2.35. The molecular weight excluding hydrogens is 471 g/mol. The topological polar surface area (TPSA) is 101 Å². The molecule has 0 radical (unpaired) electrons. The normalized spacial score (nSPS) is 11.7. The molecule has 0 aliphatic rings. The van der Waals surface area contributed by atoms with E-state index in [2.05, 4.69) is 25.3 Å². The van der Waals surface area contributed by atoms with Crippen LogP contribution in [0.3, 0.4) is 0 Å². The monoisotopic (exact) mass is 496 g/mol. The zero-order valence-corrected chi connectivity index (χ0v) is 20.7. The van der Waals surface area contributed by atoms with Gasteiger partial charge in [-0.25, -0.2) is 14.4 Å². The Bertz CT molecular complexity index is 1730. The Morgan fingerprint density at radius 2 is 1.97 bits per heavy atom. The van der Waals surface area contributed by atoms with Crippen molar-refractivity contribution in [3.05, 3.63) is 66.9 Å². The standard InChI is InChI=1S/C27H25FN8O/c1-35(2)8-9-37-19-11-16(10-18(28)12-19)20-6-7-29-27-21(20)13-24(32-27)26-25-23(33-34-26)5-4-22(31-25)17-14-30-36(3)15-17/h4-7,10-15H,8-9H2,1-3H3,(H,29,32)(H,33,34). The molecule has 6 rings (SSSR count). The number of aromatic amines is 2. The van der Waals surface area contributed by atoms with E-state index in [1.807, 2.05) is 62.6 Å². The lowest BCUT2D eigenvalue weighted by Gasteiger charge is -2.12. The van der Waals surface area contributed by atoms with Gasteiger partial charge in [-0.05, 0) is 61.6 Å². The van der Waals surface area contributed by atoms with Gasteiger partial charge in [0.15, 0.2) is 0 Å². The fourth-order valence-corrected chi connectivity index (χ4v) is 4.35. The van der Waals surface area contributed by atoms with E-state index in [4.69, 9.17) is 9.72 Å². The number of fused-ring (bicyclic) bond motifs is 2. The van der Waals surface area contributed by atoms with E-state index < -0.39 is 0 Å². The number of pyridine rings is 2. The summed E-state index contributed by atoms with van der Waals surface area (Å²) in [7, 11) is 5.81. The Hall–Kier alpha value is -4.57. The van der Waals surface area contributed by atoms with Gasteiger partial charge in [0, 0.05) is 43.0 Å². The zero-order valence-electron chi connectivity index (χ0n) is 20.7. The number of ether oxygens (including phenoxy) is 1. The first-order valence-corrected chi connectivity index (χ1v) is 11.9. The first kappa shape index (κ1) is 22.9. The van der Waals surface area contributed by atoms with Gasteiger partial charge in [0.05, 0.1) is 23.1 Å². The summed E-state index contributed by atoms with van der Waals surface area (Å²) >= 11 is 0. The molecule has 37 heavy (non-hydrogen) atoms. The predicted molar refractivity (Wildman–Crippen MR) is 141 cm³/mol. The highest BCUT2D eigenvalue weighted by molar-refractivity contribution is 5.99. The van der Waals surface area contributed by atoms with Crippen LogP contribution in [-0.2, 0) is 7.05 Å². The molecule has 5 aromatic heterocycles. The van der Waals surface area contributed by atoms with Crippen molar-refractivity contribution in [3.8, 4) is 39.5 Å². The smallest absolute Gasteiger partial charge is 0.138 e. The predicted octanol–water partition coefficient (Wildman–Crippen LogP) is 4.65. The van der Waals surface area contributed by atoms with Crippen LogP contribution in [0.1, 0.15) is 0 Å². The summed E-state index contributed by atoms with van der Waals surface area (Å²) in [6.45, 7) is 1.21. The summed E-state index contributed by atoms with van der Waals surface area (Å²) in [6, 6.07) is 12.5. The Kier molecular flexibility index (Phi) is 5.65. The second-order valence-electron chi connectivity index (χ2n) is 9.20. The first-order chi connectivity index (χ1) is 17.9. The zero-order chi connectivity index (χ0) is 25.5. The van der Waals surface area contributed by atoms with Crippen molar-refractivity contribution in [3.63, 3.8) is 0 Å². The van der Waals surface area contributed by atoms with Gasteiger partial charge in [0.1, 0.15) is 35.0 Å². The van der Waals surface area contributed by atoms with Gasteiger partial charge in [-0.1, -0.05) is 0 Å². The number of H-pyrrole nitrogens is 2. The molecule has 0 aliphatic carbocycles. The molecule has 0 aliphatic heterocycles. The van der Waals surface area contributed by atoms with Crippen LogP contribution in [0.25, 0.3) is 55.8 Å². The maximum atomic E-state index is 14.5. The van der Waals surface area contributed by atoms with E-state index in [1.54, 1.807) is 17.1 Å². The van der Waals surface area contributed by atoms with E-state index >= 15 is 0 Å². The van der Waals surface area contributed by atoms with Crippen molar-refractivity contribution in [2.75, 3.05) is 27.2 Å². The van der Waals surface area contributed by atoms with Crippen LogP contribution in [-0.4, -0.2) is 67.1 Å². The van der Waals surface area contributed by atoms with Crippen LogP contribution in [0.5, 0.6) is 5.75 Å². The lowest BCUT2D eigenvalue weighted by atomic mass is 10.0. The van der Waals surface area contributed by atoms with Gasteiger partial charge < -0.3 is 14.6 Å². The number of nitrogens with zero attached hydrogens (tertiary/aromatic N) is 6. The van der Waals surface area contributed by atoms with Gasteiger partial charge >= 0.3 is 0 Å². The van der Waals surface area contributed by atoms with Crippen LogP contribution in [0.4, 0.5) is 4.39 Å². The fourth-order valence-electron chi connectivity index (χ4n) is 4.35. The van der Waals surface area contributed by atoms with Gasteiger partial charge in [-0.2, -0.15) is 10.2 Å². The number of benzene rings is 1. The Balaban J connectivity index is 1.40. The number of aromatic nitrogens is 7. The Labute approximate surface area is 211 Å². The van der Waals surface area contributed by atoms with E-state index in [-0.39, 0.29) is 5.82 Å². The maximum absolute atomic E-state index is 14.5. The highest BCUT2D eigenvalue weighted by atomic mass is 19.1. The molecule has 0 fully saturated rings. The van der Waals surface area contributed by atoms with Gasteiger partial charge in [0.25, 0.3) is 0 Å². The van der Waals surface area contributed by atoms with Crippen LogP contribution in [0.15, 0.2) is 61.1 Å². The van der Waals surface area contributed by atoms with E-state index in [0.29, 0.717) is 29.3 Å². The second-order valence-corrected chi connectivity index (χ2v) is 9.20. The minimum atomic E-state index is -0.358. The molecule has 10 heteroatoms. The largest absolute Gasteiger partial charge is 0.492 e. The number of hydrogen-bond donors (Lipinski definition) is 2. The SMILES string of the molecule is CN(C)CCOc1cc(F)cc(-c2ccnc3[nH]c(-c4n[nH]c5ccc(-c6cnn(C)c6)nc45)cc23)c1. The van der Waals surface area contributed by atoms with Crippen molar-refractivity contribution in [2.45, 2.75) is 0 Å². The van der Waals surface area contributed by atoms with Crippen molar-refractivity contribution in [1.29, 1.82) is 0 Å². The molecule has 6 aromatic rings. The molecule has 1 aromatic carbocycles. The first-order valence-electron chi connectivity index (χ1n) is 11.9. The maximum Gasteiger partial charge on any atom is 0.138 e. The molecule has 5 heterocycles. The van der Waals surface area contributed by atoms with E-state index in [0.717, 1.165) is 45.5 Å². The lowest BCUT2D eigenvalue weighted by Crippen LogP contribution is -2.19. The van der Waals surface area contributed by atoms with Gasteiger partial charge in [-0.3, -0.25) is 9.78 Å². The average Bonchev–Trinajstić information content (AvgIpc) is 3.60. The molecule has 0 bridgehead atoms. The Morgan fingerprint density at radius 3 is 2.78 bits per heavy atom. The molecule has 186 valence electrons. The third-order valence-electron chi connectivity index (χ3n) is 6.18. The lowest BCUT2D eigenvalue weighted by molar-refractivity contribution is 0.260. The van der Waals surface area contributed by atoms with E-state index in [9.17, 15) is 4.39 Å². The molecule has 0 atom stereocenters.